The van der Waals surface area contributed by atoms with Crippen molar-refractivity contribution in [2.24, 2.45) is 4.99 Å². The Hall–Kier alpha value is -2.50. The van der Waals surface area contributed by atoms with Crippen molar-refractivity contribution in [3.8, 4) is 5.75 Å². The van der Waals surface area contributed by atoms with E-state index in [9.17, 15) is 4.79 Å². The van der Waals surface area contributed by atoms with Gasteiger partial charge in [-0.05, 0) is 25.8 Å². The van der Waals surface area contributed by atoms with Crippen LogP contribution in [0.1, 0.15) is 44.6 Å². The third-order valence-corrected chi connectivity index (χ3v) is 4.47. The summed E-state index contributed by atoms with van der Waals surface area (Å²) < 4.78 is 5.67. The van der Waals surface area contributed by atoms with Gasteiger partial charge in [0.15, 0.2) is 5.96 Å². The molecule has 1 aromatic rings. The molecular formula is C21H32N4O2. The van der Waals surface area contributed by atoms with Crippen LogP contribution >= 0.6 is 0 Å². The lowest BCUT2D eigenvalue weighted by Crippen LogP contribution is -2.46. The van der Waals surface area contributed by atoms with Gasteiger partial charge >= 0.3 is 0 Å². The van der Waals surface area contributed by atoms with E-state index in [1.54, 1.807) is 6.08 Å². The largest absolute Gasteiger partial charge is 0.489 e. The van der Waals surface area contributed by atoms with E-state index in [0.29, 0.717) is 25.2 Å². The fourth-order valence-electron chi connectivity index (χ4n) is 3.12. The third-order valence-electron chi connectivity index (χ3n) is 4.47. The Morgan fingerprint density at radius 3 is 2.78 bits per heavy atom. The molecule has 0 atom stereocenters. The summed E-state index contributed by atoms with van der Waals surface area (Å²) >= 11 is 0. The number of carbonyl (C=O) groups is 1. The van der Waals surface area contributed by atoms with Gasteiger partial charge in [-0.2, -0.15) is 0 Å². The van der Waals surface area contributed by atoms with Crippen molar-refractivity contribution in [2.75, 3.05) is 19.7 Å². The van der Waals surface area contributed by atoms with Crippen LogP contribution in [0.3, 0.4) is 0 Å². The standard InChI is InChI=1S/C21H32N4O2/c1-3-14-27-19-13-9-8-10-17(19)15-23-21(22-4-2)24-16-20(26)25-18-11-6-5-7-12-18/h3,8-10,13,18H,1,4-7,11-12,14-16H2,2H3,(H,25,26)(H2,22,23,24). The van der Waals surface area contributed by atoms with Crippen molar-refractivity contribution in [2.45, 2.75) is 51.6 Å². The zero-order valence-corrected chi connectivity index (χ0v) is 16.3. The number of nitrogens with one attached hydrogen (secondary N) is 3. The van der Waals surface area contributed by atoms with E-state index < -0.39 is 0 Å². The summed E-state index contributed by atoms with van der Waals surface area (Å²) in [6.07, 6.45) is 7.57. The second-order valence-electron chi connectivity index (χ2n) is 6.66. The number of nitrogens with zero attached hydrogens (tertiary/aromatic N) is 1. The van der Waals surface area contributed by atoms with Gasteiger partial charge in [-0.3, -0.25) is 4.79 Å². The molecule has 1 saturated carbocycles. The molecule has 0 aliphatic heterocycles. The van der Waals surface area contributed by atoms with Gasteiger partial charge in [0.2, 0.25) is 5.91 Å². The van der Waals surface area contributed by atoms with Crippen LogP contribution in [0.25, 0.3) is 0 Å². The quantitative estimate of drug-likeness (QED) is 0.354. The lowest BCUT2D eigenvalue weighted by molar-refractivity contribution is -0.120. The molecule has 2 rings (SSSR count). The highest BCUT2D eigenvalue weighted by Crippen LogP contribution is 2.19. The zero-order chi connectivity index (χ0) is 19.3. The zero-order valence-electron chi connectivity index (χ0n) is 16.3. The van der Waals surface area contributed by atoms with Gasteiger partial charge in [-0.25, -0.2) is 4.99 Å². The Morgan fingerprint density at radius 2 is 2.04 bits per heavy atom. The Labute approximate surface area is 162 Å². The molecule has 0 radical (unpaired) electrons. The summed E-state index contributed by atoms with van der Waals surface area (Å²) in [7, 11) is 0. The first-order chi connectivity index (χ1) is 13.2. The minimum Gasteiger partial charge on any atom is -0.489 e. The van der Waals surface area contributed by atoms with Gasteiger partial charge in [-0.1, -0.05) is 50.1 Å². The predicted molar refractivity (Wildman–Crippen MR) is 110 cm³/mol. The summed E-state index contributed by atoms with van der Waals surface area (Å²) in [5.74, 6) is 1.43. The normalized spacial score (nSPS) is 15.1. The van der Waals surface area contributed by atoms with Crippen LogP contribution < -0.4 is 20.7 Å². The van der Waals surface area contributed by atoms with Crippen molar-refractivity contribution in [1.29, 1.82) is 0 Å². The second-order valence-corrected chi connectivity index (χ2v) is 6.66. The fraction of sp³-hybridized carbons (Fsp3) is 0.524. The number of rotatable bonds is 9. The first-order valence-electron chi connectivity index (χ1n) is 9.86. The van der Waals surface area contributed by atoms with Gasteiger partial charge < -0.3 is 20.7 Å². The van der Waals surface area contributed by atoms with E-state index in [1.165, 1.54) is 19.3 Å². The molecule has 6 heteroatoms. The first-order valence-corrected chi connectivity index (χ1v) is 9.86. The Morgan fingerprint density at radius 1 is 1.26 bits per heavy atom. The highest BCUT2D eigenvalue weighted by atomic mass is 16.5. The summed E-state index contributed by atoms with van der Waals surface area (Å²) in [5.41, 5.74) is 0.989. The number of para-hydroxylation sites is 1. The molecule has 3 N–H and O–H groups in total. The van der Waals surface area contributed by atoms with Gasteiger partial charge in [0.25, 0.3) is 0 Å². The van der Waals surface area contributed by atoms with E-state index in [0.717, 1.165) is 30.7 Å². The molecule has 0 aromatic heterocycles. The van der Waals surface area contributed by atoms with Crippen LogP contribution in [-0.2, 0) is 11.3 Å². The molecule has 0 spiro atoms. The molecule has 1 amide bonds. The lowest BCUT2D eigenvalue weighted by atomic mass is 9.95. The number of carbonyl (C=O) groups excluding carboxylic acids is 1. The number of guanidine groups is 1. The lowest BCUT2D eigenvalue weighted by Gasteiger charge is -2.23. The highest BCUT2D eigenvalue weighted by molar-refractivity contribution is 5.86. The van der Waals surface area contributed by atoms with Crippen LogP contribution in [0.2, 0.25) is 0 Å². The van der Waals surface area contributed by atoms with E-state index >= 15 is 0 Å². The maximum atomic E-state index is 12.2. The van der Waals surface area contributed by atoms with Gasteiger partial charge in [0.05, 0.1) is 13.1 Å². The Kier molecular flexibility index (Phi) is 9.24. The number of aliphatic imine (C=N–C) groups is 1. The number of ether oxygens (including phenoxy) is 1. The number of benzene rings is 1. The molecule has 1 fully saturated rings. The van der Waals surface area contributed by atoms with Gasteiger partial charge in [0.1, 0.15) is 12.4 Å². The molecular weight excluding hydrogens is 340 g/mol. The van der Waals surface area contributed by atoms with Crippen LogP contribution in [0.4, 0.5) is 0 Å². The van der Waals surface area contributed by atoms with Crippen LogP contribution in [0.15, 0.2) is 41.9 Å². The molecule has 148 valence electrons. The van der Waals surface area contributed by atoms with Crippen molar-refractivity contribution < 1.29 is 9.53 Å². The van der Waals surface area contributed by atoms with Crippen molar-refractivity contribution in [3.63, 3.8) is 0 Å². The molecule has 1 aromatic carbocycles. The highest BCUT2D eigenvalue weighted by Gasteiger charge is 2.15. The van der Waals surface area contributed by atoms with Crippen LogP contribution in [0.5, 0.6) is 5.75 Å². The number of amides is 1. The van der Waals surface area contributed by atoms with Crippen LogP contribution in [0, 0.1) is 0 Å². The topological polar surface area (TPSA) is 74.8 Å². The Bertz CT molecular complexity index is 624. The van der Waals surface area contributed by atoms with Gasteiger partial charge in [-0.15, -0.1) is 0 Å². The monoisotopic (exact) mass is 372 g/mol. The number of hydrogen-bond donors (Lipinski definition) is 3. The molecule has 1 aliphatic rings. The smallest absolute Gasteiger partial charge is 0.239 e. The third kappa shape index (κ3) is 7.72. The van der Waals surface area contributed by atoms with Crippen molar-refractivity contribution in [3.05, 3.63) is 42.5 Å². The molecule has 0 bridgehead atoms. The maximum absolute atomic E-state index is 12.2. The van der Waals surface area contributed by atoms with Crippen LogP contribution in [-0.4, -0.2) is 37.6 Å². The Balaban J connectivity index is 1.88. The molecule has 0 saturated heterocycles. The van der Waals surface area contributed by atoms with Gasteiger partial charge in [0, 0.05) is 18.2 Å². The van der Waals surface area contributed by atoms with E-state index in [-0.39, 0.29) is 12.5 Å². The molecule has 1 aliphatic carbocycles. The van der Waals surface area contributed by atoms with Crippen molar-refractivity contribution >= 4 is 11.9 Å². The van der Waals surface area contributed by atoms with E-state index in [1.807, 2.05) is 31.2 Å². The predicted octanol–water partition coefficient (Wildman–Crippen LogP) is 2.76. The average molecular weight is 373 g/mol. The average Bonchev–Trinajstić information content (AvgIpc) is 2.70. The van der Waals surface area contributed by atoms with Crippen molar-refractivity contribution in [1.82, 2.24) is 16.0 Å². The number of hydrogen-bond acceptors (Lipinski definition) is 3. The fourth-order valence-corrected chi connectivity index (χ4v) is 3.12. The summed E-state index contributed by atoms with van der Waals surface area (Å²) in [5, 5.41) is 9.40. The molecule has 0 heterocycles. The summed E-state index contributed by atoms with van der Waals surface area (Å²) in [6, 6.07) is 8.13. The SMILES string of the molecule is C=CCOc1ccccc1CN=C(NCC)NCC(=O)NC1CCCCC1. The van der Waals surface area contributed by atoms with E-state index in [4.69, 9.17) is 4.74 Å². The first kappa shape index (κ1) is 20.8. The minimum atomic E-state index is 0.0159. The molecule has 6 nitrogen and oxygen atoms in total. The maximum Gasteiger partial charge on any atom is 0.239 e. The minimum absolute atomic E-state index is 0.0159. The molecule has 0 unspecified atom stereocenters. The summed E-state index contributed by atoms with van der Waals surface area (Å²) in [6.45, 7) is 7.55. The molecule has 27 heavy (non-hydrogen) atoms. The second kappa shape index (κ2) is 12.0. The summed E-state index contributed by atoms with van der Waals surface area (Å²) in [4.78, 5) is 16.8. The van der Waals surface area contributed by atoms with E-state index in [2.05, 4.69) is 27.5 Å².